The summed E-state index contributed by atoms with van der Waals surface area (Å²) in [4.78, 5) is 17.2. The first kappa shape index (κ1) is 15.1. The molecule has 0 saturated carbocycles. The molecule has 0 saturated heterocycles. The zero-order valence-corrected chi connectivity index (χ0v) is 12.1. The second-order valence-electron chi connectivity index (χ2n) is 4.99. The fraction of sp³-hybridized carbons (Fsp3) is 0.235. The predicted octanol–water partition coefficient (Wildman–Crippen LogP) is 2.24. The molecule has 0 fully saturated rings. The molecule has 0 aliphatic carbocycles. The van der Waals surface area contributed by atoms with Crippen LogP contribution >= 0.6 is 0 Å². The summed E-state index contributed by atoms with van der Waals surface area (Å²) < 4.78 is 0. The SMILES string of the molecule is C=CCN(CC=C)C(=O)[C@H](N)Cc1c[nH]c2ccccc12. The van der Waals surface area contributed by atoms with Crippen molar-refractivity contribution in [2.75, 3.05) is 13.1 Å². The Morgan fingerprint density at radius 3 is 2.62 bits per heavy atom. The normalized spacial score (nSPS) is 12.0. The summed E-state index contributed by atoms with van der Waals surface area (Å²) in [5.74, 6) is -0.0833. The Kier molecular flexibility index (Phi) is 4.95. The molecule has 21 heavy (non-hydrogen) atoms. The van der Waals surface area contributed by atoms with Gasteiger partial charge in [0, 0.05) is 30.2 Å². The first-order valence-corrected chi connectivity index (χ1v) is 6.98. The van der Waals surface area contributed by atoms with Crippen molar-refractivity contribution >= 4 is 16.8 Å². The average molecular weight is 283 g/mol. The number of fused-ring (bicyclic) bond motifs is 1. The van der Waals surface area contributed by atoms with Crippen LogP contribution in [0.2, 0.25) is 0 Å². The minimum Gasteiger partial charge on any atom is -0.361 e. The number of hydrogen-bond acceptors (Lipinski definition) is 2. The lowest BCUT2D eigenvalue weighted by Crippen LogP contribution is -2.45. The molecule has 3 N–H and O–H groups in total. The Labute approximate surface area is 124 Å². The standard InChI is InChI=1S/C17H21N3O/c1-3-9-20(10-4-2)17(21)15(18)11-13-12-19-16-8-6-5-7-14(13)16/h3-8,12,15,19H,1-2,9-11,18H2/t15-/m1/s1. The number of carbonyl (C=O) groups is 1. The Balaban J connectivity index is 2.12. The first-order chi connectivity index (χ1) is 10.2. The molecule has 1 heterocycles. The number of para-hydroxylation sites is 1. The van der Waals surface area contributed by atoms with Gasteiger partial charge in [0.15, 0.2) is 0 Å². The predicted molar refractivity (Wildman–Crippen MR) is 87.0 cm³/mol. The number of nitrogens with zero attached hydrogens (tertiary/aromatic N) is 1. The highest BCUT2D eigenvalue weighted by atomic mass is 16.2. The summed E-state index contributed by atoms with van der Waals surface area (Å²) in [5.41, 5.74) is 8.20. The number of nitrogens with two attached hydrogens (primary N) is 1. The molecular weight excluding hydrogens is 262 g/mol. The van der Waals surface area contributed by atoms with E-state index in [0.29, 0.717) is 19.5 Å². The first-order valence-electron chi connectivity index (χ1n) is 6.98. The molecule has 0 aliphatic heterocycles. The third-order valence-corrected chi connectivity index (χ3v) is 3.44. The highest BCUT2D eigenvalue weighted by Gasteiger charge is 2.20. The number of carbonyl (C=O) groups excluding carboxylic acids is 1. The van der Waals surface area contributed by atoms with Crippen LogP contribution in [0.1, 0.15) is 5.56 Å². The van der Waals surface area contributed by atoms with E-state index in [4.69, 9.17) is 5.73 Å². The zero-order valence-electron chi connectivity index (χ0n) is 12.1. The molecule has 2 rings (SSSR count). The fourth-order valence-electron chi connectivity index (χ4n) is 2.43. The maximum absolute atomic E-state index is 12.4. The van der Waals surface area contributed by atoms with Crippen molar-refractivity contribution in [1.29, 1.82) is 0 Å². The Morgan fingerprint density at radius 1 is 1.29 bits per heavy atom. The Morgan fingerprint density at radius 2 is 1.95 bits per heavy atom. The summed E-state index contributed by atoms with van der Waals surface area (Å²) in [6, 6.07) is 7.43. The molecule has 0 spiro atoms. The fourth-order valence-corrected chi connectivity index (χ4v) is 2.43. The largest absolute Gasteiger partial charge is 0.361 e. The van der Waals surface area contributed by atoms with Gasteiger partial charge in [0.2, 0.25) is 5.91 Å². The van der Waals surface area contributed by atoms with Crippen LogP contribution in [0.15, 0.2) is 55.8 Å². The molecule has 1 atom stereocenters. The van der Waals surface area contributed by atoms with E-state index in [1.165, 1.54) is 0 Å². The van der Waals surface area contributed by atoms with Gasteiger partial charge in [0.05, 0.1) is 6.04 Å². The van der Waals surface area contributed by atoms with Crippen LogP contribution < -0.4 is 5.73 Å². The molecule has 0 radical (unpaired) electrons. The van der Waals surface area contributed by atoms with E-state index in [1.54, 1.807) is 17.1 Å². The van der Waals surface area contributed by atoms with Gasteiger partial charge < -0.3 is 15.6 Å². The van der Waals surface area contributed by atoms with Gasteiger partial charge in [-0.2, -0.15) is 0 Å². The molecule has 0 bridgehead atoms. The molecule has 4 heteroatoms. The van der Waals surface area contributed by atoms with Crippen LogP contribution in [-0.4, -0.2) is 34.9 Å². The van der Waals surface area contributed by atoms with Crippen molar-refractivity contribution in [2.45, 2.75) is 12.5 Å². The van der Waals surface area contributed by atoms with Gasteiger partial charge in [0.1, 0.15) is 0 Å². The van der Waals surface area contributed by atoms with E-state index in [2.05, 4.69) is 18.1 Å². The number of aromatic nitrogens is 1. The summed E-state index contributed by atoms with van der Waals surface area (Å²) in [7, 11) is 0. The zero-order chi connectivity index (χ0) is 15.2. The highest BCUT2D eigenvalue weighted by Crippen LogP contribution is 2.19. The molecule has 1 aromatic carbocycles. The van der Waals surface area contributed by atoms with Crippen LogP contribution in [0.4, 0.5) is 0 Å². The third kappa shape index (κ3) is 3.41. The van der Waals surface area contributed by atoms with Crippen molar-refractivity contribution in [2.24, 2.45) is 5.73 Å². The van der Waals surface area contributed by atoms with E-state index < -0.39 is 6.04 Å². The summed E-state index contributed by atoms with van der Waals surface area (Å²) >= 11 is 0. The molecule has 4 nitrogen and oxygen atoms in total. The molecule has 110 valence electrons. The number of nitrogens with one attached hydrogen (secondary N) is 1. The minimum absolute atomic E-state index is 0.0833. The van der Waals surface area contributed by atoms with Gasteiger partial charge in [-0.1, -0.05) is 30.4 Å². The van der Waals surface area contributed by atoms with Crippen LogP contribution in [0.5, 0.6) is 0 Å². The lowest BCUT2D eigenvalue weighted by molar-refractivity contribution is -0.131. The van der Waals surface area contributed by atoms with Crippen LogP contribution in [0, 0.1) is 0 Å². The molecular formula is C17H21N3O. The number of benzene rings is 1. The van der Waals surface area contributed by atoms with Gasteiger partial charge in [-0.15, -0.1) is 13.2 Å². The van der Waals surface area contributed by atoms with Gasteiger partial charge in [-0.25, -0.2) is 0 Å². The van der Waals surface area contributed by atoms with E-state index in [-0.39, 0.29) is 5.91 Å². The Hall–Kier alpha value is -2.33. The average Bonchev–Trinajstić information content (AvgIpc) is 2.89. The summed E-state index contributed by atoms with van der Waals surface area (Å²) in [6.07, 6.45) is 5.82. The van der Waals surface area contributed by atoms with Crippen molar-refractivity contribution in [3.8, 4) is 0 Å². The Bertz CT molecular complexity index is 634. The van der Waals surface area contributed by atoms with Gasteiger partial charge in [-0.3, -0.25) is 4.79 Å². The second kappa shape index (κ2) is 6.90. The molecule has 2 aromatic rings. The second-order valence-corrected chi connectivity index (χ2v) is 4.99. The quantitative estimate of drug-likeness (QED) is 0.765. The number of H-pyrrole nitrogens is 1. The molecule has 1 aromatic heterocycles. The van der Waals surface area contributed by atoms with E-state index in [0.717, 1.165) is 16.5 Å². The maximum atomic E-state index is 12.4. The van der Waals surface area contributed by atoms with E-state index in [1.807, 2.05) is 30.5 Å². The van der Waals surface area contributed by atoms with E-state index in [9.17, 15) is 4.79 Å². The van der Waals surface area contributed by atoms with Gasteiger partial charge in [0.25, 0.3) is 0 Å². The van der Waals surface area contributed by atoms with Gasteiger partial charge >= 0.3 is 0 Å². The van der Waals surface area contributed by atoms with Crippen molar-refractivity contribution in [3.05, 3.63) is 61.3 Å². The molecule has 0 unspecified atom stereocenters. The van der Waals surface area contributed by atoms with Gasteiger partial charge in [-0.05, 0) is 18.1 Å². The maximum Gasteiger partial charge on any atom is 0.240 e. The minimum atomic E-state index is -0.566. The van der Waals surface area contributed by atoms with Crippen LogP contribution in [0.25, 0.3) is 10.9 Å². The number of aromatic amines is 1. The summed E-state index contributed by atoms with van der Waals surface area (Å²) in [5, 5.41) is 1.11. The van der Waals surface area contributed by atoms with Crippen molar-refractivity contribution < 1.29 is 4.79 Å². The lowest BCUT2D eigenvalue weighted by atomic mass is 10.0. The number of amides is 1. The van der Waals surface area contributed by atoms with Crippen molar-refractivity contribution in [1.82, 2.24) is 9.88 Å². The van der Waals surface area contributed by atoms with Crippen molar-refractivity contribution in [3.63, 3.8) is 0 Å². The van der Waals surface area contributed by atoms with Crippen LogP contribution in [0.3, 0.4) is 0 Å². The molecule has 0 aliphatic rings. The number of rotatable bonds is 7. The smallest absolute Gasteiger partial charge is 0.240 e. The molecule has 1 amide bonds. The highest BCUT2D eigenvalue weighted by molar-refractivity contribution is 5.86. The van der Waals surface area contributed by atoms with Crippen LogP contribution in [-0.2, 0) is 11.2 Å². The topological polar surface area (TPSA) is 62.1 Å². The lowest BCUT2D eigenvalue weighted by Gasteiger charge is -2.23. The number of hydrogen-bond donors (Lipinski definition) is 2. The third-order valence-electron chi connectivity index (χ3n) is 3.44. The van der Waals surface area contributed by atoms with E-state index >= 15 is 0 Å². The summed E-state index contributed by atoms with van der Waals surface area (Å²) in [6.45, 7) is 8.29. The monoisotopic (exact) mass is 283 g/mol.